The van der Waals surface area contributed by atoms with Crippen molar-refractivity contribution in [1.29, 1.82) is 0 Å². The molecule has 0 bridgehead atoms. The van der Waals surface area contributed by atoms with E-state index in [0.29, 0.717) is 29.5 Å². The molecular formula is C15H20N2O4. The number of hydrogen-bond acceptors (Lipinski definition) is 6. The lowest BCUT2D eigenvalue weighted by atomic mass is 10.1. The van der Waals surface area contributed by atoms with Crippen molar-refractivity contribution in [1.82, 2.24) is 5.16 Å². The second kappa shape index (κ2) is 6.99. The Balaban J connectivity index is 2.23. The molecular weight excluding hydrogens is 272 g/mol. The van der Waals surface area contributed by atoms with Gasteiger partial charge in [0.05, 0.1) is 14.2 Å². The van der Waals surface area contributed by atoms with Gasteiger partial charge < -0.3 is 24.5 Å². The van der Waals surface area contributed by atoms with Crippen LogP contribution in [0.4, 0.5) is 0 Å². The van der Waals surface area contributed by atoms with Crippen LogP contribution in [0.15, 0.2) is 22.7 Å². The molecule has 114 valence electrons. The van der Waals surface area contributed by atoms with Gasteiger partial charge in [0.2, 0.25) is 5.75 Å². The van der Waals surface area contributed by atoms with Crippen LogP contribution in [0, 0.1) is 6.92 Å². The number of hydrogen-bond donors (Lipinski definition) is 1. The Kier molecular flexibility index (Phi) is 5.05. The van der Waals surface area contributed by atoms with Gasteiger partial charge in [-0.25, -0.2) is 0 Å². The van der Waals surface area contributed by atoms with Gasteiger partial charge in [0.15, 0.2) is 11.5 Å². The summed E-state index contributed by atoms with van der Waals surface area (Å²) in [5, 5.41) is 3.89. The fourth-order valence-electron chi connectivity index (χ4n) is 2.02. The van der Waals surface area contributed by atoms with E-state index < -0.39 is 0 Å². The summed E-state index contributed by atoms with van der Waals surface area (Å²) >= 11 is 0. The summed E-state index contributed by atoms with van der Waals surface area (Å²) in [6.07, 6.45) is 0.746. The van der Waals surface area contributed by atoms with E-state index in [-0.39, 0.29) is 6.61 Å². The molecule has 6 heteroatoms. The molecule has 1 heterocycles. The number of nitrogens with zero attached hydrogens (tertiary/aromatic N) is 1. The number of rotatable bonds is 7. The summed E-state index contributed by atoms with van der Waals surface area (Å²) in [6, 6.07) is 5.62. The summed E-state index contributed by atoms with van der Waals surface area (Å²) in [5.41, 5.74) is 7.34. The lowest BCUT2D eigenvalue weighted by Crippen LogP contribution is -2.05. The van der Waals surface area contributed by atoms with Crippen LogP contribution in [0.3, 0.4) is 0 Å². The van der Waals surface area contributed by atoms with Gasteiger partial charge in [0.25, 0.3) is 0 Å². The molecule has 0 aliphatic rings. The lowest BCUT2D eigenvalue weighted by Gasteiger charge is -2.15. The molecule has 0 unspecified atom stereocenters. The summed E-state index contributed by atoms with van der Waals surface area (Å²) in [4.78, 5) is 0. The van der Waals surface area contributed by atoms with Crippen molar-refractivity contribution < 1.29 is 18.7 Å². The molecule has 0 saturated heterocycles. The molecule has 0 saturated carbocycles. The molecule has 2 aromatic rings. The first-order valence-corrected chi connectivity index (χ1v) is 6.68. The van der Waals surface area contributed by atoms with Gasteiger partial charge >= 0.3 is 0 Å². The van der Waals surface area contributed by atoms with E-state index in [4.69, 9.17) is 24.5 Å². The third-order valence-electron chi connectivity index (χ3n) is 2.99. The zero-order chi connectivity index (χ0) is 15.2. The molecule has 1 aromatic carbocycles. The summed E-state index contributed by atoms with van der Waals surface area (Å²) in [6.45, 7) is 2.67. The molecule has 0 spiro atoms. The van der Waals surface area contributed by atoms with Crippen LogP contribution < -0.4 is 19.9 Å². The highest BCUT2D eigenvalue weighted by Gasteiger charge is 2.15. The van der Waals surface area contributed by atoms with E-state index in [2.05, 4.69) is 5.16 Å². The van der Waals surface area contributed by atoms with E-state index in [0.717, 1.165) is 17.7 Å². The minimum atomic E-state index is 0.278. The largest absolute Gasteiger partial charge is 0.493 e. The van der Waals surface area contributed by atoms with Crippen molar-refractivity contribution in [2.45, 2.75) is 20.0 Å². The van der Waals surface area contributed by atoms with E-state index in [9.17, 15) is 0 Å². The number of aryl methyl sites for hydroxylation is 1. The highest BCUT2D eigenvalue weighted by Crippen LogP contribution is 2.39. The van der Waals surface area contributed by atoms with E-state index >= 15 is 0 Å². The SMILES string of the molecule is COc1cc(CCN)cc(OC)c1OCc1cc(C)on1. The van der Waals surface area contributed by atoms with Gasteiger partial charge in [-0.2, -0.15) is 0 Å². The normalized spacial score (nSPS) is 10.5. The van der Waals surface area contributed by atoms with Gasteiger partial charge in [-0.15, -0.1) is 0 Å². The lowest BCUT2D eigenvalue weighted by molar-refractivity contribution is 0.255. The van der Waals surface area contributed by atoms with Crippen molar-refractivity contribution in [3.63, 3.8) is 0 Å². The van der Waals surface area contributed by atoms with Crippen molar-refractivity contribution in [2.24, 2.45) is 5.73 Å². The molecule has 0 radical (unpaired) electrons. The number of nitrogens with two attached hydrogens (primary N) is 1. The fraction of sp³-hybridized carbons (Fsp3) is 0.400. The number of aromatic nitrogens is 1. The van der Waals surface area contributed by atoms with Crippen LogP contribution in [0.5, 0.6) is 17.2 Å². The average molecular weight is 292 g/mol. The van der Waals surface area contributed by atoms with Crippen LogP contribution in [0.1, 0.15) is 17.0 Å². The first kappa shape index (κ1) is 15.2. The predicted molar refractivity (Wildman–Crippen MR) is 77.9 cm³/mol. The van der Waals surface area contributed by atoms with Crippen molar-refractivity contribution in [3.05, 3.63) is 35.2 Å². The third kappa shape index (κ3) is 3.66. The summed E-state index contributed by atoms with van der Waals surface area (Å²) in [5.74, 6) is 2.50. The molecule has 0 atom stereocenters. The molecule has 2 rings (SSSR count). The van der Waals surface area contributed by atoms with E-state index in [1.807, 2.05) is 25.1 Å². The Hall–Kier alpha value is -2.21. The number of benzene rings is 1. The second-order valence-electron chi connectivity index (χ2n) is 4.59. The van der Waals surface area contributed by atoms with Gasteiger partial charge in [-0.3, -0.25) is 0 Å². The Morgan fingerprint density at radius 3 is 2.29 bits per heavy atom. The Bertz CT molecular complexity index is 570. The zero-order valence-electron chi connectivity index (χ0n) is 12.5. The molecule has 1 aromatic heterocycles. The first-order chi connectivity index (χ1) is 10.2. The van der Waals surface area contributed by atoms with Crippen LogP contribution in [-0.4, -0.2) is 25.9 Å². The Morgan fingerprint density at radius 1 is 1.14 bits per heavy atom. The molecule has 0 amide bonds. The van der Waals surface area contributed by atoms with Crippen molar-refractivity contribution in [2.75, 3.05) is 20.8 Å². The molecule has 6 nitrogen and oxygen atoms in total. The Labute approximate surface area is 123 Å². The number of methoxy groups -OCH3 is 2. The molecule has 0 aliphatic heterocycles. The van der Waals surface area contributed by atoms with Gasteiger partial charge in [0.1, 0.15) is 18.1 Å². The van der Waals surface area contributed by atoms with Gasteiger partial charge in [0, 0.05) is 6.07 Å². The maximum absolute atomic E-state index is 5.78. The second-order valence-corrected chi connectivity index (χ2v) is 4.59. The predicted octanol–water partition coefficient (Wildman–Crippen LogP) is 2.08. The minimum absolute atomic E-state index is 0.278. The number of ether oxygens (including phenoxy) is 3. The average Bonchev–Trinajstić information content (AvgIpc) is 2.90. The fourth-order valence-corrected chi connectivity index (χ4v) is 2.02. The summed E-state index contributed by atoms with van der Waals surface area (Å²) in [7, 11) is 3.18. The quantitative estimate of drug-likeness (QED) is 0.841. The van der Waals surface area contributed by atoms with E-state index in [1.165, 1.54) is 0 Å². The molecule has 0 fully saturated rings. The van der Waals surface area contributed by atoms with Crippen LogP contribution in [0.2, 0.25) is 0 Å². The van der Waals surface area contributed by atoms with Crippen molar-refractivity contribution >= 4 is 0 Å². The monoisotopic (exact) mass is 292 g/mol. The smallest absolute Gasteiger partial charge is 0.203 e. The van der Waals surface area contributed by atoms with Gasteiger partial charge in [-0.1, -0.05) is 5.16 Å². The molecule has 21 heavy (non-hydrogen) atoms. The first-order valence-electron chi connectivity index (χ1n) is 6.68. The third-order valence-corrected chi connectivity index (χ3v) is 2.99. The molecule has 0 aliphatic carbocycles. The topological polar surface area (TPSA) is 79.7 Å². The van der Waals surface area contributed by atoms with Crippen LogP contribution in [-0.2, 0) is 13.0 Å². The highest BCUT2D eigenvalue weighted by atomic mass is 16.5. The Morgan fingerprint density at radius 2 is 1.81 bits per heavy atom. The van der Waals surface area contributed by atoms with Crippen LogP contribution >= 0.6 is 0 Å². The van der Waals surface area contributed by atoms with Crippen LogP contribution in [0.25, 0.3) is 0 Å². The van der Waals surface area contributed by atoms with E-state index in [1.54, 1.807) is 14.2 Å². The molecule has 2 N–H and O–H groups in total. The standard InChI is InChI=1S/C15H20N2O4/c1-10-6-12(17-21-10)9-20-15-13(18-2)7-11(4-5-16)8-14(15)19-3/h6-8H,4-5,9,16H2,1-3H3. The minimum Gasteiger partial charge on any atom is -0.493 e. The zero-order valence-corrected chi connectivity index (χ0v) is 12.5. The highest BCUT2D eigenvalue weighted by molar-refractivity contribution is 5.54. The summed E-state index contributed by atoms with van der Waals surface area (Å²) < 4.78 is 21.5. The van der Waals surface area contributed by atoms with Crippen molar-refractivity contribution in [3.8, 4) is 17.2 Å². The maximum atomic E-state index is 5.78. The van der Waals surface area contributed by atoms with Gasteiger partial charge in [-0.05, 0) is 37.6 Å². The maximum Gasteiger partial charge on any atom is 0.203 e.